The van der Waals surface area contributed by atoms with Crippen LogP contribution in [0.25, 0.3) is 0 Å². The van der Waals surface area contributed by atoms with Gasteiger partial charge in [-0.1, -0.05) is 12.1 Å². The first-order chi connectivity index (χ1) is 15.8. The Bertz CT molecular complexity index is 1080. The Hall–Kier alpha value is -3.23. The van der Waals surface area contributed by atoms with Crippen LogP contribution in [0.5, 0.6) is 5.75 Å². The number of imide groups is 1. The topological polar surface area (TPSA) is 85.4 Å². The summed E-state index contributed by atoms with van der Waals surface area (Å²) in [6.45, 7) is 4.16. The number of benzene rings is 2. The molecule has 0 radical (unpaired) electrons. The lowest BCUT2D eigenvalue weighted by atomic mass is 9.86. The quantitative estimate of drug-likeness (QED) is 0.496. The van der Waals surface area contributed by atoms with E-state index >= 15 is 0 Å². The van der Waals surface area contributed by atoms with E-state index in [2.05, 4.69) is 0 Å². The first kappa shape index (κ1) is 21.6. The predicted molar refractivity (Wildman–Crippen MR) is 119 cm³/mol. The lowest BCUT2D eigenvalue weighted by molar-refractivity contribution is -0.141. The molecule has 0 unspecified atom stereocenters. The summed E-state index contributed by atoms with van der Waals surface area (Å²) in [5.74, 6) is -1.38. The van der Waals surface area contributed by atoms with Gasteiger partial charge in [0.1, 0.15) is 11.9 Å². The minimum Gasteiger partial charge on any atom is -0.497 e. The Morgan fingerprint density at radius 1 is 0.939 bits per heavy atom. The molecule has 0 spiro atoms. The summed E-state index contributed by atoms with van der Waals surface area (Å²) in [7, 11) is 1.57. The van der Waals surface area contributed by atoms with Crippen molar-refractivity contribution in [3.05, 3.63) is 59.7 Å². The van der Waals surface area contributed by atoms with Crippen molar-refractivity contribution >= 4 is 23.4 Å². The number of carbonyl (C=O) groups is 3. The first-order valence-electron chi connectivity index (χ1n) is 11.1. The second kappa shape index (κ2) is 7.97. The largest absolute Gasteiger partial charge is 0.497 e. The van der Waals surface area contributed by atoms with Crippen LogP contribution in [0, 0.1) is 5.92 Å². The SMILES string of the molecule is COc1ccc(N2C(=O)[C@@H](CC[C@@H]3COC(C)(C)O3)[C@H]2N2C(=O)c3ccccc3C2=O)cc1. The van der Waals surface area contributed by atoms with Crippen molar-refractivity contribution in [1.82, 2.24) is 4.90 Å². The summed E-state index contributed by atoms with van der Waals surface area (Å²) >= 11 is 0. The van der Waals surface area contributed by atoms with Crippen molar-refractivity contribution in [2.75, 3.05) is 18.6 Å². The van der Waals surface area contributed by atoms with E-state index in [1.807, 2.05) is 13.8 Å². The van der Waals surface area contributed by atoms with Gasteiger partial charge >= 0.3 is 0 Å². The summed E-state index contributed by atoms with van der Waals surface area (Å²) in [6.07, 6.45) is 0.239. The van der Waals surface area contributed by atoms with Crippen molar-refractivity contribution in [1.29, 1.82) is 0 Å². The summed E-state index contributed by atoms with van der Waals surface area (Å²) in [6, 6.07) is 13.8. The number of amides is 3. The van der Waals surface area contributed by atoms with Gasteiger partial charge in [0.15, 0.2) is 5.79 Å². The zero-order valence-corrected chi connectivity index (χ0v) is 18.8. The van der Waals surface area contributed by atoms with Crippen LogP contribution in [0.15, 0.2) is 48.5 Å². The third-order valence-electron chi connectivity index (χ3n) is 6.49. The highest BCUT2D eigenvalue weighted by Gasteiger charge is 2.56. The minimum absolute atomic E-state index is 0.125. The van der Waals surface area contributed by atoms with E-state index in [1.54, 1.807) is 55.6 Å². The molecule has 0 N–H and O–H groups in total. The van der Waals surface area contributed by atoms with Crippen molar-refractivity contribution in [3.8, 4) is 5.75 Å². The van der Waals surface area contributed by atoms with E-state index in [-0.39, 0.29) is 23.8 Å². The molecule has 3 amide bonds. The van der Waals surface area contributed by atoms with Crippen molar-refractivity contribution in [3.63, 3.8) is 0 Å². The first-order valence-corrected chi connectivity index (χ1v) is 11.1. The van der Waals surface area contributed by atoms with E-state index in [1.165, 1.54) is 9.80 Å². The van der Waals surface area contributed by atoms with E-state index in [0.717, 1.165) is 0 Å². The Labute approximate surface area is 192 Å². The van der Waals surface area contributed by atoms with Crippen LogP contribution >= 0.6 is 0 Å². The van der Waals surface area contributed by atoms with Gasteiger partial charge in [-0.15, -0.1) is 0 Å². The van der Waals surface area contributed by atoms with E-state index in [0.29, 0.717) is 42.0 Å². The van der Waals surface area contributed by atoms with E-state index < -0.39 is 17.9 Å². The molecular formula is C25H26N2O6. The molecule has 2 aromatic carbocycles. The molecule has 0 saturated carbocycles. The molecule has 3 atom stereocenters. The highest BCUT2D eigenvalue weighted by Crippen LogP contribution is 2.41. The predicted octanol–water partition coefficient (Wildman–Crippen LogP) is 3.21. The fraction of sp³-hybridized carbons (Fsp3) is 0.400. The fourth-order valence-corrected chi connectivity index (χ4v) is 4.84. The second-order valence-corrected chi connectivity index (χ2v) is 8.98. The molecule has 172 valence electrons. The van der Waals surface area contributed by atoms with Crippen molar-refractivity contribution in [2.24, 2.45) is 5.92 Å². The van der Waals surface area contributed by atoms with Gasteiger partial charge in [0.05, 0.1) is 36.9 Å². The van der Waals surface area contributed by atoms with Crippen molar-refractivity contribution < 1.29 is 28.6 Å². The molecule has 8 nitrogen and oxygen atoms in total. The second-order valence-electron chi connectivity index (χ2n) is 8.98. The number of anilines is 1. The summed E-state index contributed by atoms with van der Waals surface area (Å²) in [5, 5.41) is 0. The molecule has 3 aliphatic rings. The number of β-lactam (4-membered cyclic amide) rings is 1. The van der Waals surface area contributed by atoms with Crippen LogP contribution < -0.4 is 9.64 Å². The maximum absolute atomic E-state index is 13.3. The fourth-order valence-electron chi connectivity index (χ4n) is 4.84. The number of methoxy groups -OCH3 is 1. The molecular weight excluding hydrogens is 424 g/mol. The molecule has 0 bridgehead atoms. The number of ether oxygens (including phenoxy) is 3. The third kappa shape index (κ3) is 3.59. The van der Waals surface area contributed by atoms with Gasteiger partial charge in [-0.2, -0.15) is 0 Å². The maximum Gasteiger partial charge on any atom is 0.263 e. The van der Waals surface area contributed by atoms with E-state index in [4.69, 9.17) is 14.2 Å². The Morgan fingerprint density at radius 3 is 2.12 bits per heavy atom. The number of hydrogen-bond donors (Lipinski definition) is 0. The molecule has 2 fully saturated rings. The zero-order valence-electron chi connectivity index (χ0n) is 18.8. The summed E-state index contributed by atoms with van der Waals surface area (Å²) in [4.78, 5) is 42.5. The Kier molecular flexibility index (Phi) is 5.22. The van der Waals surface area contributed by atoms with Gasteiger partial charge in [-0.05, 0) is 63.1 Å². The van der Waals surface area contributed by atoms with Gasteiger partial charge in [0, 0.05) is 5.69 Å². The van der Waals surface area contributed by atoms with Crippen LogP contribution in [0.2, 0.25) is 0 Å². The molecule has 2 aromatic rings. The molecule has 3 heterocycles. The van der Waals surface area contributed by atoms with Gasteiger partial charge in [-0.3, -0.25) is 24.2 Å². The number of fused-ring (bicyclic) bond motifs is 1. The average Bonchev–Trinajstić information content (AvgIpc) is 3.28. The molecule has 33 heavy (non-hydrogen) atoms. The maximum atomic E-state index is 13.3. The molecule has 8 heteroatoms. The summed E-state index contributed by atoms with van der Waals surface area (Å²) < 4.78 is 16.7. The van der Waals surface area contributed by atoms with Gasteiger partial charge in [-0.25, -0.2) is 0 Å². The number of hydrogen-bond acceptors (Lipinski definition) is 6. The molecule has 5 rings (SSSR count). The molecule has 3 aliphatic heterocycles. The smallest absolute Gasteiger partial charge is 0.263 e. The zero-order chi connectivity index (χ0) is 23.3. The van der Waals surface area contributed by atoms with Crippen molar-refractivity contribution in [2.45, 2.75) is 44.7 Å². The summed E-state index contributed by atoms with van der Waals surface area (Å²) in [5.41, 5.74) is 1.34. The average molecular weight is 450 g/mol. The highest BCUT2D eigenvalue weighted by molar-refractivity contribution is 6.23. The Morgan fingerprint density at radius 2 is 1.58 bits per heavy atom. The lowest BCUT2D eigenvalue weighted by Gasteiger charge is -2.50. The van der Waals surface area contributed by atoms with Crippen LogP contribution in [-0.2, 0) is 14.3 Å². The molecule has 0 aromatic heterocycles. The molecule has 2 saturated heterocycles. The van der Waals surface area contributed by atoms with Gasteiger partial charge in [0.25, 0.3) is 11.8 Å². The van der Waals surface area contributed by atoms with Crippen LogP contribution in [0.1, 0.15) is 47.4 Å². The molecule has 0 aliphatic carbocycles. The van der Waals surface area contributed by atoms with Crippen LogP contribution in [-0.4, -0.2) is 54.4 Å². The Balaban J connectivity index is 1.43. The monoisotopic (exact) mass is 450 g/mol. The normalized spacial score (nSPS) is 25.9. The number of rotatable bonds is 6. The third-order valence-corrected chi connectivity index (χ3v) is 6.49. The van der Waals surface area contributed by atoms with E-state index in [9.17, 15) is 14.4 Å². The number of carbonyl (C=O) groups excluding carboxylic acids is 3. The standard InChI is InChI=1S/C25H26N2O6/c1-25(2)32-14-17(33-25)12-13-20-21(26(24(20)30)15-8-10-16(31-3)11-9-15)27-22(28)18-6-4-5-7-19(18)23(27)29/h4-11,17,20-21H,12-14H2,1-3H3/t17-,20+,21-/m1/s1. The highest BCUT2D eigenvalue weighted by atomic mass is 16.7. The van der Waals surface area contributed by atoms with Crippen LogP contribution in [0.3, 0.4) is 0 Å². The minimum atomic E-state index is -0.700. The van der Waals surface area contributed by atoms with Gasteiger partial charge < -0.3 is 14.2 Å². The van der Waals surface area contributed by atoms with Crippen LogP contribution in [0.4, 0.5) is 5.69 Å². The van der Waals surface area contributed by atoms with Gasteiger partial charge in [0.2, 0.25) is 5.91 Å². The number of nitrogens with zero attached hydrogens (tertiary/aromatic N) is 2. The lowest BCUT2D eigenvalue weighted by Crippen LogP contribution is -2.69.